The Balaban J connectivity index is 0.000000688. The van der Waals surface area contributed by atoms with Crippen LogP contribution >= 0.6 is 24.2 Å². The molecule has 0 aliphatic heterocycles. The van der Waals surface area contributed by atoms with E-state index in [9.17, 15) is 13.2 Å². The zero-order chi connectivity index (χ0) is 31.7. The van der Waals surface area contributed by atoms with E-state index in [1.807, 2.05) is 62.5 Å². The van der Waals surface area contributed by atoms with Gasteiger partial charge in [0.25, 0.3) is 0 Å². The average molecular weight is 641 g/mol. The Morgan fingerprint density at radius 3 is 2.05 bits per heavy atom. The number of hydrogen-bond donors (Lipinski definition) is 2. The second-order valence-electron chi connectivity index (χ2n) is 10.4. The van der Waals surface area contributed by atoms with Gasteiger partial charge in [-0.25, -0.2) is 13.2 Å². The highest BCUT2D eigenvalue weighted by Gasteiger charge is 2.20. The van der Waals surface area contributed by atoms with E-state index in [0.717, 1.165) is 41.7 Å². The maximum absolute atomic E-state index is 14.2. The SMILES string of the molecule is CC(C)S.FCF.Fc1cccc(CN(CCCOc2cccc3[nH]ccc23)CC(c2ccccc2)c2ccccc2)c1Cl. The van der Waals surface area contributed by atoms with E-state index in [-0.39, 0.29) is 16.8 Å². The van der Waals surface area contributed by atoms with Gasteiger partial charge in [-0.05, 0) is 52.6 Å². The molecule has 0 aliphatic carbocycles. The molecule has 5 aromatic rings. The van der Waals surface area contributed by atoms with Crippen LogP contribution in [0, 0.1) is 5.82 Å². The molecule has 1 aromatic heterocycles. The van der Waals surface area contributed by atoms with Gasteiger partial charge in [0.2, 0.25) is 6.93 Å². The summed E-state index contributed by atoms with van der Waals surface area (Å²) in [5.74, 6) is 0.666. The molecule has 0 bridgehead atoms. The number of benzene rings is 4. The van der Waals surface area contributed by atoms with E-state index in [4.69, 9.17) is 16.3 Å². The standard InChI is InChI=1S/C32H30ClFN2O.C3H8S.CH2F2/c33-32-26(14-7-15-29(32)34)22-36(20-9-21-37-31-17-8-16-30-27(31)18-19-35-30)23-28(24-10-3-1-4-11-24)25-12-5-2-6-13-25;1-3(2)4;2-1-3/h1-8,10-19,28,35H,9,20-23H2;3-4H,1-2H3;1H2. The molecule has 3 nitrogen and oxygen atoms in total. The highest BCUT2D eigenvalue weighted by molar-refractivity contribution is 7.80. The van der Waals surface area contributed by atoms with Gasteiger partial charge in [-0.3, -0.25) is 4.90 Å². The number of halogens is 4. The van der Waals surface area contributed by atoms with Crippen LogP contribution in [0.1, 0.15) is 42.9 Å². The van der Waals surface area contributed by atoms with Gasteiger partial charge in [0.15, 0.2) is 0 Å². The third-order valence-corrected chi connectivity index (χ3v) is 7.12. The van der Waals surface area contributed by atoms with Crippen LogP contribution < -0.4 is 4.74 Å². The summed E-state index contributed by atoms with van der Waals surface area (Å²) in [6.07, 6.45) is 2.75. The van der Waals surface area contributed by atoms with Gasteiger partial charge >= 0.3 is 0 Å². The smallest absolute Gasteiger partial charge is 0.229 e. The van der Waals surface area contributed by atoms with Crippen molar-refractivity contribution in [2.45, 2.75) is 38.0 Å². The lowest BCUT2D eigenvalue weighted by Gasteiger charge is -2.29. The quantitative estimate of drug-likeness (QED) is 0.111. The first-order valence-electron chi connectivity index (χ1n) is 14.6. The third kappa shape index (κ3) is 11.3. The number of H-pyrrole nitrogens is 1. The first-order chi connectivity index (χ1) is 21.3. The van der Waals surface area contributed by atoms with Crippen LogP contribution in [0.3, 0.4) is 0 Å². The number of aromatic amines is 1. The third-order valence-electron chi connectivity index (χ3n) is 6.70. The van der Waals surface area contributed by atoms with Gasteiger partial charge in [0.1, 0.15) is 11.6 Å². The fourth-order valence-electron chi connectivity index (χ4n) is 4.83. The first kappa shape index (κ1) is 35.1. The molecule has 0 atom stereocenters. The van der Waals surface area contributed by atoms with Crippen LogP contribution in [0.5, 0.6) is 5.75 Å². The van der Waals surface area contributed by atoms with Crippen molar-refractivity contribution in [3.63, 3.8) is 0 Å². The number of aromatic nitrogens is 1. The maximum Gasteiger partial charge on any atom is 0.229 e. The van der Waals surface area contributed by atoms with Crippen LogP contribution in [0.4, 0.5) is 13.2 Å². The predicted molar refractivity (Wildman–Crippen MR) is 181 cm³/mol. The normalized spacial score (nSPS) is 10.9. The molecular weight excluding hydrogens is 601 g/mol. The largest absolute Gasteiger partial charge is 0.493 e. The first-order valence-corrected chi connectivity index (χ1v) is 15.5. The van der Waals surface area contributed by atoms with Crippen LogP contribution in [0.15, 0.2) is 109 Å². The molecule has 0 spiro atoms. The summed E-state index contributed by atoms with van der Waals surface area (Å²) >= 11 is 10.3. The molecule has 0 amide bonds. The molecule has 8 heteroatoms. The number of nitrogens with zero attached hydrogens (tertiary/aromatic N) is 1. The van der Waals surface area contributed by atoms with Crippen LogP contribution in [0.2, 0.25) is 5.02 Å². The van der Waals surface area contributed by atoms with Crippen molar-refractivity contribution in [1.82, 2.24) is 9.88 Å². The summed E-state index contributed by atoms with van der Waals surface area (Å²) in [5.41, 5.74) is 4.35. The van der Waals surface area contributed by atoms with Gasteiger partial charge in [0, 0.05) is 42.7 Å². The van der Waals surface area contributed by atoms with Gasteiger partial charge in [0.05, 0.1) is 11.6 Å². The molecule has 1 N–H and O–H groups in total. The second kappa shape index (κ2) is 19.1. The van der Waals surface area contributed by atoms with Gasteiger partial charge in [-0.1, -0.05) is 104 Å². The monoisotopic (exact) mass is 640 g/mol. The molecule has 1 heterocycles. The van der Waals surface area contributed by atoms with E-state index in [1.54, 1.807) is 6.07 Å². The van der Waals surface area contributed by atoms with Crippen molar-refractivity contribution in [3.8, 4) is 5.75 Å². The summed E-state index contributed by atoms with van der Waals surface area (Å²) < 4.78 is 39.7. The highest BCUT2D eigenvalue weighted by atomic mass is 35.5. The number of ether oxygens (including phenoxy) is 1. The van der Waals surface area contributed by atoms with Gasteiger partial charge in [-0.2, -0.15) is 12.6 Å². The highest BCUT2D eigenvalue weighted by Crippen LogP contribution is 2.29. The Morgan fingerprint density at radius 2 is 1.43 bits per heavy atom. The predicted octanol–water partition coefficient (Wildman–Crippen LogP) is 10.3. The molecule has 0 aliphatic rings. The van der Waals surface area contributed by atoms with Crippen LogP contribution in [0.25, 0.3) is 10.9 Å². The second-order valence-corrected chi connectivity index (χ2v) is 11.8. The van der Waals surface area contributed by atoms with Crippen molar-refractivity contribution in [2.75, 3.05) is 26.6 Å². The average Bonchev–Trinajstić information content (AvgIpc) is 3.51. The van der Waals surface area contributed by atoms with E-state index in [2.05, 4.69) is 71.0 Å². The summed E-state index contributed by atoms with van der Waals surface area (Å²) in [6, 6.07) is 34.2. The summed E-state index contributed by atoms with van der Waals surface area (Å²) in [4.78, 5) is 5.58. The lowest BCUT2D eigenvalue weighted by atomic mass is 9.90. The molecule has 234 valence electrons. The molecule has 4 aromatic carbocycles. The molecular formula is C36H40ClF3N2OS. The maximum atomic E-state index is 14.2. The minimum atomic E-state index is -1.75. The Labute approximate surface area is 269 Å². The van der Waals surface area contributed by atoms with E-state index in [0.29, 0.717) is 18.4 Å². The molecule has 0 saturated heterocycles. The number of thiol groups is 1. The van der Waals surface area contributed by atoms with Crippen molar-refractivity contribution in [3.05, 3.63) is 137 Å². The minimum absolute atomic E-state index is 0.171. The fraction of sp³-hybridized carbons (Fsp3) is 0.278. The molecule has 5 rings (SSSR count). The number of fused-ring (bicyclic) bond motifs is 1. The molecule has 0 unspecified atom stereocenters. The Morgan fingerprint density at radius 1 is 0.841 bits per heavy atom. The Hall–Kier alpha value is -3.39. The molecule has 0 fully saturated rings. The number of nitrogens with one attached hydrogen (secondary N) is 1. The van der Waals surface area contributed by atoms with Gasteiger partial charge < -0.3 is 9.72 Å². The molecule has 0 radical (unpaired) electrons. The van der Waals surface area contributed by atoms with Crippen LogP contribution in [-0.4, -0.2) is 41.8 Å². The topological polar surface area (TPSA) is 28.3 Å². The zero-order valence-corrected chi connectivity index (χ0v) is 26.8. The van der Waals surface area contributed by atoms with Gasteiger partial charge in [-0.15, -0.1) is 0 Å². The minimum Gasteiger partial charge on any atom is -0.493 e. The van der Waals surface area contributed by atoms with Crippen molar-refractivity contribution < 1.29 is 17.9 Å². The summed E-state index contributed by atoms with van der Waals surface area (Å²) in [5, 5.41) is 1.80. The lowest BCUT2D eigenvalue weighted by Crippen LogP contribution is -2.31. The zero-order valence-electron chi connectivity index (χ0n) is 25.1. The Bertz CT molecular complexity index is 1460. The lowest BCUT2D eigenvalue weighted by molar-refractivity contribution is 0.223. The number of alkyl halides is 2. The summed E-state index contributed by atoms with van der Waals surface area (Å²) in [7, 11) is 0. The summed E-state index contributed by atoms with van der Waals surface area (Å²) in [6.45, 7) is 5.01. The van der Waals surface area contributed by atoms with E-state index in [1.165, 1.54) is 17.2 Å². The fourth-order valence-corrected chi connectivity index (χ4v) is 5.02. The van der Waals surface area contributed by atoms with E-state index >= 15 is 0 Å². The van der Waals surface area contributed by atoms with Crippen molar-refractivity contribution in [1.29, 1.82) is 0 Å². The van der Waals surface area contributed by atoms with Crippen molar-refractivity contribution in [2.24, 2.45) is 0 Å². The van der Waals surface area contributed by atoms with E-state index < -0.39 is 6.93 Å². The molecule has 0 saturated carbocycles. The Kier molecular flexibility index (Phi) is 15.2. The number of hydrogen-bond acceptors (Lipinski definition) is 3. The van der Waals surface area contributed by atoms with Crippen molar-refractivity contribution >= 4 is 35.1 Å². The van der Waals surface area contributed by atoms with Crippen LogP contribution in [-0.2, 0) is 6.54 Å². The molecule has 44 heavy (non-hydrogen) atoms. The number of rotatable bonds is 11.